The lowest BCUT2D eigenvalue weighted by molar-refractivity contribution is 0.390. The molecule has 1 saturated heterocycles. The summed E-state index contributed by atoms with van der Waals surface area (Å²) in [7, 11) is -2.09. The molecule has 3 aromatic rings. The molecule has 6 nitrogen and oxygen atoms in total. The average molecular weight is 385 g/mol. The molecule has 0 radical (unpaired) electrons. The van der Waals surface area contributed by atoms with Gasteiger partial charge in [-0.1, -0.05) is 12.1 Å². The molecular weight excluding hydrogens is 366 g/mol. The van der Waals surface area contributed by atoms with Gasteiger partial charge in [-0.2, -0.15) is 4.31 Å². The summed E-state index contributed by atoms with van der Waals surface area (Å²) in [5, 5.41) is 0.577. The van der Waals surface area contributed by atoms with Crippen LogP contribution in [0.2, 0.25) is 0 Å². The normalized spacial score (nSPS) is 18.0. The minimum Gasteiger partial charge on any atom is -0.497 e. The van der Waals surface area contributed by atoms with Crippen molar-refractivity contribution in [2.45, 2.75) is 23.8 Å². The predicted octanol–water partition coefficient (Wildman–Crippen LogP) is 3.33. The molecule has 0 N–H and O–H groups in total. The Morgan fingerprint density at radius 2 is 1.96 bits per heavy atom. The molecule has 140 valence electrons. The molecular formula is C20H19NO5S. The van der Waals surface area contributed by atoms with Gasteiger partial charge in [0.15, 0.2) is 0 Å². The van der Waals surface area contributed by atoms with E-state index < -0.39 is 15.6 Å². The van der Waals surface area contributed by atoms with Crippen LogP contribution in [0.15, 0.2) is 68.7 Å². The third-order valence-corrected chi connectivity index (χ3v) is 6.78. The zero-order valence-corrected chi connectivity index (χ0v) is 15.6. The highest BCUT2D eigenvalue weighted by molar-refractivity contribution is 7.89. The third kappa shape index (κ3) is 3.24. The van der Waals surface area contributed by atoms with Crippen molar-refractivity contribution in [2.24, 2.45) is 0 Å². The fourth-order valence-corrected chi connectivity index (χ4v) is 5.27. The molecule has 0 amide bonds. The molecule has 0 bridgehead atoms. The van der Waals surface area contributed by atoms with Crippen LogP contribution in [0.5, 0.6) is 5.75 Å². The van der Waals surface area contributed by atoms with Gasteiger partial charge in [-0.25, -0.2) is 13.2 Å². The van der Waals surface area contributed by atoms with Crippen molar-refractivity contribution in [3.05, 3.63) is 70.6 Å². The summed E-state index contributed by atoms with van der Waals surface area (Å²) >= 11 is 0. The van der Waals surface area contributed by atoms with E-state index in [1.54, 1.807) is 23.5 Å². The van der Waals surface area contributed by atoms with E-state index in [0.29, 0.717) is 23.3 Å². The fraction of sp³-hybridized carbons (Fsp3) is 0.250. The van der Waals surface area contributed by atoms with Crippen LogP contribution < -0.4 is 10.4 Å². The monoisotopic (exact) mass is 385 g/mol. The summed E-state index contributed by atoms with van der Waals surface area (Å²) in [6.45, 7) is 0.464. The second kappa shape index (κ2) is 6.83. The number of nitrogens with zero attached hydrogens (tertiary/aromatic N) is 1. The van der Waals surface area contributed by atoms with E-state index >= 15 is 0 Å². The van der Waals surface area contributed by atoms with E-state index in [1.807, 2.05) is 24.3 Å². The molecule has 1 atom stereocenters. The second-order valence-electron chi connectivity index (χ2n) is 6.50. The van der Waals surface area contributed by atoms with Crippen LogP contribution in [0.4, 0.5) is 0 Å². The smallest absolute Gasteiger partial charge is 0.336 e. The highest BCUT2D eigenvalue weighted by Gasteiger charge is 2.36. The lowest BCUT2D eigenvalue weighted by atomic mass is 10.1. The number of hydrogen-bond donors (Lipinski definition) is 0. The van der Waals surface area contributed by atoms with Gasteiger partial charge in [-0.05, 0) is 54.8 Å². The number of rotatable bonds is 4. The first-order chi connectivity index (χ1) is 13.0. The molecule has 27 heavy (non-hydrogen) atoms. The minimum atomic E-state index is -3.68. The maximum Gasteiger partial charge on any atom is 0.336 e. The molecule has 7 heteroatoms. The lowest BCUT2D eigenvalue weighted by Gasteiger charge is -2.25. The summed E-state index contributed by atoms with van der Waals surface area (Å²) < 4.78 is 38.5. The Balaban J connectivity index is 1.74. The molecule has 1 fully saturated rings. The molecule has 0 aliphatic carbocycles. The second-order valence-corrected chi connectivity index (χ2v) is 8.40. The van der Waals surface area contributed by atoms with Gasteiger partial charge >= 0.3 is 5.63 Å². The summed E-state index contributed by atoms with van der Waals surface area (Å²) in [4.78, 5) is 11.5. The van der Waals surface area contributed by atoms with Crippen molar-refractivity contribution in [1.29, 1.82) is 0 Å². The zero-order chi connectivity index (χ0) is 19.0. The van der Waals surface area contributed by atoms with E-state index in [-0.39, 0.29) is 10.9 Å². The van der Waals surface area contributed by atoms with E-state index in [2.05, 4.69) is 0 Å². The molecule has 4 rings (SSSR count). The van der Waals surface area contributed by atoms with Gasteiger partial charge in [0.25, 0.3) is 0 Å². The Kier molecular flexibility index (Phi) is 4.49. The van der Waals surface area contributed by atoms with Crippen molar-refractivity contribution in [2.75, 3.05) is 13.7 Å². The predicted molar refractivity (Wildman–Crippen MR) is 101 cm³/mol. The van der Waals surface area contributed by atoms with Gasteiger partial charge in [-0.15, -0.1) is 0 Å². The van der Waals surface area contributed by atoms with Crippen molar-refractivity contribution in [1.82, 2.24) is 4.31 Å². The Morgan fingerprint density at radius 3 is 2.78 bits per heavy atom. The minimum absolute atomic E-state index is 0.193. The Morgan fingerprint density at radius 1 is 1.11 bits per heavy atom. The molecule has 0 spiro atoms. The number of methoxy groups -OCH3 is 1. The summed E-state index contributed by atoms with van der Waals surface area (Å²) in [6.07, 6.45) is 1.55. The van der Waals surface area contributed by atoms with Gasteiger partial charge in [0.05, 0.1) is 18.0 Å². The van der Waals surface area contributed by atoms with Crippen molar-refractivity contribution >= 4 is 21.0 Å². The molecule has 1 unspecified atom stereocenters. The van der Waals surface area contributed by atoms with Gasteiger partial charge in [0.2, 0.25) is 10.0 Å². The maximum absolute atomic E-state index is 13.3. The third-order valence-electron chi connectivity index (χ3n) is 4.88. The SMILES string of the molecule is COc1cccc(C2CCCN2S(=O)(=O)c2ccc3oc(=O)ccc3c2)c1. The summed E-state index contributed by atoms with van der Waals surface area (Å²) in [5.41, 5.74) is 0.824. The van der Waals surface area contributed by atoms with Crippen LogP contribution in [0.1, 0.15) is 24.4 Å². The molecule has 1 aromatic heterocycles. The highest BCUT2D eigenvalue weighted by Crippen LogP contribution is 2.37. The van der Waals surface area contributed by atoms with Gasteiger partial charge < -0.3 is 9.15 Å². The first kappa shape index (κ1) is 17.8. The van der Waals surface area contributed by atoms with Gasteiger partial charge in [0.1, 0.15) is 11.3 Å². The zero-order valence-electron chi connectivity index (χ0n) is 14.8. The van der Waals surface area contributed by atoms with Crippen LogP contribution in [-0.4, -0.2) is 26.4 Å². The number of ether oxygens (including phenoxy) is 1. The fourth-order valence-electron chi connectivity index (χ4n) is 3.56. The van der Waals surface area contributed by atoms with Crippen molar-refractivity contribution < 1.29 is 17.6 Å². The molecule has 2 heterocycles. The van der Waals surface area contributed by atoms with Crippen LogP contribution in [0, 0.1) is 0 Å². The Hall–Kier alpha value is -2.64. The largest absolute Gasteiger partial charge is 0.497 e. The number of benzene rings is 2. The average Bonchev–Trinajstić information content (AvgIpc) is 3.18. The standard InChI is InChI=1S/C20H19NO5S/c1-25-16-5-2-4-14(12-16)18-6-3-11-21(18)27(23,24)17-8-9-19-15(13-17)7-10-20(22)26-19/h2,4-5,7-10,12-13,18H,3,6,11H2,1H3. The van der Waals surface area contributed by atoms with Gasteiger partial charge in [-0.3, -0.25) is 0 Å². The lowest BCUT2D eigenvalue weighted by Crippen LogP contribution is -2.30. The summed E-state index contributed by atoms with van der Waals surface area (Å²) in [5.74, 6) is 0.706. The molecule has 2 aromatic carbocycles. The van der Waals surface area contributed by atoms with Crippen LogP contribution in [-0.2, 0) is 10.0 Å². The van der Waals surface area contributed by atoms with Crippen molar-refractivity contribution in [3.8, 4) is 5.75 Å². The Bertz CT molecular complexity index is 1150. The van der Waals surface area contributed by atoms with Crippen molar-refractivity contribution in [3.63, 3.8) is 0 Å². The van der Waals surface area contributed by atoms with E-state index in [0.717, 1.165) is 18.4 Å². The quantitative estimate of drug-likeness (QED) is 0.644. The number of fused-ring (bicyclic) bond motifs is 1. The molecule has 1 aliphatic rings. The van der Waals surface area contributed by atoms with E-state index in [4.69, 9.17) is 9.15 Å². The Labute approximate surface area is 157 Å². The first-order valence-corrected chi connectivity index (χ1v) is 10.1. The number of sulfonamides is 1. The van der Waals surface area contributed by atoms with Crippen LogP contribution in [0.3, 0.4) is 0 Å². The van der Waals surface area contributed by atoms with E-state index in [9.17, 15) is 13.2 Å². The highest BCUT2D eigenvalue weighted by atomic mass is 32.2. The number of hydrogen-bond acceptors (Lipinski definition) is 5. The van der Waals surface area contributed by atoms with Crippen LogP contribution >= 0.6 is 0 Å². The molecule has 0 saturated carbocycles. The van der Waals surface area contributed by atoms with Gasteiger partial charge in [0, 0.05) is 18.0 Å². The van der Waals surface area contributed by atoms with Crippen LogP contribution in [0.25, 0.3) is 11.0 Å². The van der Waals surface area contributed by atoms with E-state index in [1.165, 1.54) is 18.2 Å². The molecule has 1 aliphatic heterocycles. The maximum atomic E-state index is 13.3. The first-order valence-electron chi connectivity index (χ1n) is 8.69. The topological polar surface area (TPSA) is 76.8 Å². The summed E-state index contributed by atoms with van der Waals surface area (Å²) in [6, 6.07) is 14.7.